The molecule has 0 saturated carbocycles. The minimum Gasteiger partial charge on any atom is -0.365 e. The minimum atomic E-state index is 0.135. The summed E-state index contributed by atoms with van der Waals surface area (Å²) in [5.74, 6) is 0. The Morgan fingerprint density at radius 1 is 0.786 bits per heavy atom. The molecule has 0 radical (unpaired) electrons. The zero-order chi connectivity index (χ0) is 19.9. The number of aryl methyl sites for hydroxylation is 2. The summed E-state index contributed by atoms with van der Waals surface area (Å²) in [6, 6.07) is 22.6. The van der Waals surface area contributed by atoms with Crippen molar-refractivity contribution in [2.75, 3.05) is 11.4 Å². The highest BCUT2D eigenvalue weighted by molar-refractivity contribution is 5.83. The van der Waals surface area contributed by atoms with Crippen LogP contribution in [0.5, 0.6) is 0 Å². The first-order valence-corrected chi connectivity index (χ1v) is 10.8. The van der Waals surface area contributed by atoms with Crippen molar-refractivity contribution in [3.05, 3.63) is 77.4 Å². The zero-order valence-electron chi connectivity index (χ0n) is 18.0. The molecule has 0 unspecified atom stereocenters. The fraction of sp³-hybridized carbons (Fsp3) is 0.407. The van der Waals surface area contributed by atoms with E-state index in [1.807, 2.05) is 0 Å². The zero-order valence-corrected chi connectivity index (χ0v) is 18.0. The van der Waals surface area contributed by atoms with Gasteiger partial charge in [-0.2, -0.15) is 0 Å². The predicted molar refractivity (Wildman–Crippen MR) is 123 cm³/mol. The molecule has 1 atom stereocenters. The van der Waals surface area contributed by atoms with Gasteiger partial charge < -0.3 is 4.90 Å². The Balaban J connectivity index is 1.79. The maximum Gasteiger partial charge on any atom is 0.0435 e. The molecule has 0 N–H and O–H groups in total. The standard InChI is InChI=1S/C27H33N/c1-6-20-13-10-14-21(7-2)25(20)28-19-27(5,18-26(28,3)4)24-16-15-22-11-8-9-12-23(22)17-24/h8-17H,6-7,18-19H2,1-5H3/t27-/m0/s1. The van der Waals surface area contributed by atoms with Crippen LogP contribution in [0.15, 0.2) is 60.7 Å². The maximum atomic E-state index is 2.71. The van der Waals surface area contributed by atoms with Gasteiger partial charge in [0.1, 0.15) is 0 Å². The molecule has 1 aliphatic heterocycles. The molecule has 0 aliphatic carbocycles. The van der Waals surface area contributed by atoms with E-state index in [0.29, 0.717) is 0 Å². The van der Waals surface area contributed by atoms with Gasteiger partial charge in [-0.15, -0.1) is 0 Å². The average molecular weight is 372 g/mol. The molecule has 0 spiro atoms. The lowest BCUT2D eigenvalue weighted by Gasteiger charge is -2.36. The molecule has 4 rings (SSSR count). The lowest BCUT2D eigenvalue weighted by atomic mass is 9.77. The summed E-state index contributed by atoms with van der Waals surface area (Å²) in [6.45, 7) is 12.9. The second-order valence-electron chi connectivity index (χ2n) is 9.33. The van der Waals surface area contributed by atoms with Gasteiger partial charge in [-0.1, -0.05) is 81.4 Å². The molecule has 28 heavy (non-hydrogen) atoms. The second-order valence-corrected chi connectivity index (χ2v) is 9.33. The van der Waals surface area contributed by atoms with Crippen molar-refractivity contribution in [1.29, 1.82) is 0 Å². The molecule has 1 aliphatic rings. The molecule has 146 valence electrons. The molecule has 3 aromatic rings. The summed E-state index contributed by atoms with van der Waals surface area (Å²) in [5.41, 5.74) is 6.20. The van der Waals surface area contributed by atoms with E-state index in [-0.39, 0.29) is 11.0 Å². The largest absolute Gasteiger partial charge is 0.365 e. The van der Waals surface area contributed by atoms with Crippen molar-refractivity contribution < 1.29 is 0 Å². The smallest absolute Gasteiger partial charge is 0.0435 e. The Morgan fingerprint density at radius 2 is 1.43 bits per heavy atom. The lowest BCUT2D eigenvalue weighted by molar-refractivity contribution is 0.445. The third-order valence-corrected chi connectivity index (χ3v) is 6.74. The normalized spacial score (nSPS) is 21.4. The summed E-state index contributed by atoms with van der Waals surface area (Å²) in [4.78, 5) is 2.71. The van der Waals surface area contributed by atoms with Gasteiger partial charge in [-0.05, 0) is 60.6 Å². The third-order valence-electron chi connectivity index (χ3n) is 6.74. The van der Waals surface area contributed by atoms with Gasteiger partial charge in [0.15, 0.2) is 0 Å². The maximum absolute atomic E-state index is 2.71. The van der Waals surface area contributed by atoms with Crippen LogP contribution < -0.4 is 4.90 Å². The summed E-state index contributed by atoms with van der Waals surface area (Å²) in [7, 11) is 0. The topological polar surface area (TPSA) is 3.24 Å². The predicted octanol–water partition coefficient (Wildman–Crippen LogP) is 6.91. The van der Waals surface area contributed by atoms with Gasteiger partial charge >= 0.3 is 0 Å². The highest BCUT2D eigenvalue weighted by Crippen LogP contribution is 2.47. The van der Waals surface area contributed by atoms with Crippen molar-refractivity contribution in [3.63, 3.8) is 0 Å². The van der Waals surface area contributed by atoms with Crippen LogP contribution in [0.2, 0.25) is 0 Å². The molecule has 1 heterocycles. The number of rotatable bonds is 4. The number of benzene rings is 3. The van der Waals surface area contributed by atoms with Gasteiger partial charge in [0.25, 0.3) is 0 Å². The third kappa shape index (κ3) is 3.11. The van der Waals surface area contributed by atoms with E-state index < -0.39 is 0 Å². The summed E-state index contributed by atoms with van der Waals surface area (Å²) >= 11 is 0. The SMILES string of the molecule is CCc1cccc(CC)c1N1C[C@@](C)(c2ccc3ccccc3c2)CC1(C)C. The van der Waals surface area contributed by atoms with E-state index in [9.17, 15) is 0 Å². The molecule has 0 amide bonds. The molecule has 1 fully saturated rings. The van der Waals surface area contributed by atoms with E-state index in [0.717, 1.165) is 19.4 Å². The molecule has 1 nitrogen and oxygen atoms in total. The summed E-state index contributed by atoms with van der Waals surface area (Å²) < 4.78 is 0. The van der Waals surface area contributed by atoms with Crippen molar-refractivity contribution >= 4 is 16.5 Å². The highest BCUT2D eigenvalue weighted by atomic mass is 15.2. The van der Waals surface area contributed by atoms with E-state index in [1.54, 1.807) is 0 Å². The fourth-order valence-electron chi connectivity index (χ4n) is 5.37. The molecular formula is C27H33N. The van der Waals surface area contributed by atoms with Crippen LogP contribution in [0.3, 0.4) is 0 Å². The summed E-state index contributed by atoms with van der Waals surface area (Å²) in [6.07, 6.45) is 3.34. The van der Waals surface area contributed by atoms with Crippen LogP contribution in [0, 0.1) is 0 Å². The molecule has 0 bridgehead atoms. The monoisotopic (exact) mass is 371 g/mol. The number of nitrogens with zero attached hydrogens (tertiary/aromatic N) is 1. The Kier molecular flexibility index (Phi) is 4.73. The van der Waals surface area contributed by atoms with Crippen LogP contribution in [0.25, 0.3) is 10.8 Å². The molecule has 1 heteroatoms. The first-order chi connectivity index (χ1) is 13.4. The molecule has 0 aromatic heterocycles. The molecular weight excluding hydrogens is 338 g/mol. The Bertz CT molecular complexity index is 978. The Labute approximate surface area is 170 Å². The van der Waals surface area contributed by atoms with Crippen molar-refractivity contribution in [1.82, 2.24) is 0 Å². The first-order valence-electron chi connectivity index (χ1n) is 10.8. The highest BCUT2D eigenvalue weighted by Gasteiger charge is 2.47. The van der Waals surface area contributed by atoms with E-state index >= 15 is 0 Å². The molecule has 3 aromatic carbocycles. The first kappa shape index (κ1) is 19.1. The quantitative estimate of drug-likeness (QED) is 0.481. The number of para-hydroxylation sites is 1. The van der Waals surface area contributed by atoms with Gasteiger partial charge in [-0.25, -0.2) is 0 Å². The van der Waals surface area contributed by atoms with Crippen molar-refractivity contribution in [2.45, 2.75) is 64.8 Å². The Morgan fingerprint density at radius 3 is 2.07 bits per heavy atom. The Hall–Kier alpha value is -2.28. The summed E-state index contributed by atoms with van der Waals surface area (Å²) in [5, 5.41) is 2.68. The van der Waals surface area contributed by atoms with E-state index in [4.69, 9.17) is 0 Å². The van der Waals surface area contributed by atoms with Crippen LogP contribution >= 0.6 is 0 Å². The number of anilines is 1. The van der Waals surface area contributed by atoms with Gasteiger partial charge in [0, 0.05) is 23.2 Å². The molecule has 1 saturated heterocycles. The van der Waals surface area contributed by atoms with Gasteiger partial charge in [0.2, 0.25) is 0 Å². The van der Waals surface area contributed by atoms with E-state index in [1.165, 1.54) is 39.6 Å². The number of hydrogen-bond donors (Lipinski definition) is 0. The van der Waals surface area contributed by atoms with E-state index in [2.05, 4.69) is 100 Å². The fourth-order valence-corrected chi connectivity index (χ4v) is 5.37. The van der Waals surface area contributed by atoms with Crippen LogP contribution in [0.4, 0.5) is 5.69 Å². The van der Waals surface area contributed by atoms with Gasteiger partial charge in [-0.3, -0.25) is 0 Å². The second kappa shape index (κ2) is 6.95. The number of hydrogen-bond acceptors (Lipinski definition) is 1. The number of fused-ring (bicyclic) bond motifs is 1. The van der Waals surface area contributed by atoms with Crippen molar-refractivity contribution in [3.8, 4) is 0 Å². The van der Waals surface area contributed by atoms with Crippen LogP contribution in [0.1, 0.15) is 57.7 Å². The minimum absolute atomic E-state index is 0.135. The van der Waals surface area contributed by atoms with Gasteiger partial charge in [0.05, 0.1) is 0 Å². The average Bonchev–Trinajstić information content (AvgIpc) is 2.96. The van der Waals surface area contributed by atoms with Crippen molar-refractivity contribution in [2.24, 2.45) is 0 Å². The van der Waals surface area contributed by atoms with Crippen LogP contribution in [-0.2, 0) is 18.3 Å². The van der Waals surface area contributed by atoms with Crippen LogP contribution in [-0.4, -0.2) is 12.1 Å². The lowest BCUT2D eigenvalue weighted by Crippen LogP contribution is -2.39.